The van der Waals surface area contributed by atoms with E-state index in [0.717, 1.165) is 31.5 Å². The van der Waals surface area contributed by atoms with E-state index < -0.39 is 5.54 Å². The van der Waals surface area contributed by atoms with Gasteiger partial charge in [0.2, 0.25) is 5.91 Å². The van der Waals surface area contributed by atoms with Gasteiger partial charge in [-0.05, 0) is 50.6 Å². The van der Waals surface area contributed by atoms with Gasteiger partial charge in [0.25, 0.3) is 0 Å². The molecule has 7 heteroatoms. The Morgan fingerprint density at radius 1 is 1.15 bits per heavy atom. The van der Waals surface area contributed by atoms with Crippen LogP contribution < -0.4 is 5.32 Å². The molecule has 1 atom stereocenters. The highest BCUT2D eigenvalue weighted by atomic mass is 35.5. The molecule has 1 unspecified atom stereocenters. The molecule has 142 valence electrons. The van der Waals surface area contributed by atoms with Crippen LogP contribution in [0, 0.1) is 0 Å². The van der Waals surface area contributed by atoms with Gasteiger partial charge in [0, 0.05) is 26.2 Å². The van der Waals surface area contributed by atoms with Crippen molar-refractivity contribution in [3.63, 3.8) is 0 Å². The molecule has 0 bridgehead atoms. The molecule has 2 fully saturated rings. The normalized spacial score (nSPS) is 24.0. The molecule has 1 N–H and O–H groups in total. The minimum Gasteiger partial charge on any atom is -0.326 e. The zero-order chi connectivity index (χ0) is 18.7. The van der Waals surface area contributed by atoms with Crippen molar-refractivity contribution in [2.45, 2.75) is 31.7 Å². The first-order valence-corrected chi connectivity index (χ1v) is 9.86. The van der Waals surface area contributed by atoms with Crippen molar-refractivity contribution in [1.29, 1.82) is 0 Å². The van der Waals surface area contributed by atoms with Gasteiger partial charge in [-0.3, -0.25) is 9.59 Å². The Labute approximate surface area is 164 Å². The minimum absolute atomic E-state index is 0.0408. The van der Waals surface area contributed by atoms with Gasteiger partial charge in [-0.2, -0.15) is 0 Å². The van der Waals surface area contributed by atoms with Crippen LogP contribution in [0.25, 0.3) is 0 Å². The van der Waals surface area contributed by atoms with Crippen molar-refractivity contribution < 1.29 is 9.59 Å². The third kappa shape index (κ3) is 4.06. The Bertz CT molecular complexity index is 691. The number of nitrogens with zero attached hydrogens (tertiary/aromatic N) is 2. The van der Waals surface area contributed by atoms with Crippen molar-refractivity contribution in [1.82, 2.24) is 15.1 Å². The highest BCUT2D eigenvalue weighted by molar-refractivity contribution is 6.42. The van der Waals surface area contributed by atoms with Crippen molar-refractivity contribution in [2.75, 3.05) is 39.3 Å². The van der Waals surface area contributed by atoms with Crippen molar-refractivity contribution >= 4 is 34.9 Å². The SMILES string of the molecule is CC(=O)C1(CN2CCCC2)CNCCN1C(=O)Cc1ccc(Cl)c(Cl)c1. The average Bonchev–Trinajstić information content (AvgIpc) is 3.11. The molecule has 3 rings (SSSR count). The lowest BCUT2D eigenvalue weighted by Crippen LogP contribution is -2.70. The molecule has 26 heavy (non-hydrogen) atoms. The van der Waals surface area contributed by atoms with E-state index in [9.17, 15) is 9.59 Å². The number of hydrogen-bond acceptors (Lipinski definition) is 4. The first kappa shape index (κ1) is 19.6. The Hall–Kier alpha value is -1.14. The summed E-state index contributed by atoms with van der Waals surface area (Å²) in [6.07, 6.45) is 2.52. The molecule has 0 aliphatic carbocycles. The van der Waals surface area contributed by atoms with Gasteiger partial charge in [0.15, 0.2) is 5.78 Å². The molecule has 0 radical (unpaired) electrons. The molecule has 5 nitrogen and oxygen atoms in total. The number of rotatable bonds is 5. The maximum atomic E-state index is 13.1. The predicted molar refractivity (Wildman–Crippen MR) is 104 cm³/mol. The number of likely N-dealkylation sites (tertiary alicyclic amines) is 1. The molecule has 0 spiro atoms. The second-order valence-electron chi connectivity index (χ2n) is 7.22. The molecular weight excluding hydrogens is 373 g/mol. The number of benzene rings is 1. The highest BCUT2D eigenvalue weighted by Gasteiger charge is 2.46. The molecule has 2 aliphatic rings. The van der Waals surface area contributed by atoms with E-state index in [1.165, 1.54) is 0 Å². The zero-order valence-corrected chi connectivity index (χ0v) is 16.6. The van der Waals surface area contributed by atoms with Crippen LogP contribution >= 0.6 is 23.2 Å². The summed E-state index contributed by atoms with van der Waals surface area (Å²) in [7, 11) is 0. The maximum absolute atomic E-state index is 13.1. The fourth-order valence-electron chi connectivity index (χ4n) is 3.96. The van der Waals surface area contributed by atoms with Crippen LogP contribution in [-0.2, 0) is 16.0 Å². The molecule has 1 amide bonds. The topological polar surface area (TPSA) is 52.7 Å². The molecular formula is C19H25Cl2N3O2. The number of amides is 1. The number of hydrogen-bond donors (Lipinski definition) is 1. The van der Waals surface area contributed by atoms with Crippen LogP contribution in [0.1, 0.15) is 25.3 Å². The minimum atomic E-state index is -0.796. The van der Waals surface area contributed by atoms with Gasteiger partial charge < -0.3 is 15.1 Å². The summed E-state index contributed by atoms with van der Waals surface area (Å²) < 4.78 is 0. The van der Waals surface area contributed by atoms with Crippen LogP contribution in [0.15, 0.2) is 18.2 Å². The molecule has 2 heterocycles. The monoisotopic (exact) mass is 397 g/mol. The van der Waals surface area contributed by atoms with Gasteiger partial charge in [-0.25, -0.2) is 0 Å². The third-order valence-electron chi connectivity index (χ3n) is 5.43. The van der Waals surface area contributed by atoms with E-state index in [4.69, 9.17) is 23.2 Å². The standard InChI is InChI=1S/C19H25Cl2N3O2/c1-14(25)19(13-23-7-2-3-8-23)12-22-6-9-24(19)18(26)11-15-4-5-16(20)17(21)10-15/h4-5,10,22H,2-3,6-9,11-13H2,1H3. The summed E-state index contributed by atoms with van der Waals surface area (Å²) in [5, 5.41) is 4.22. The number of halogens is 2. The second-order valence-corrected chi connectivity index (χ2v) is 8.03. The maximum Gasteiger partial charge on any atom is 0.227 e. The van der Waals surface area contributed by atoms with E-state index >= 15 is 0 Å². The average molecular weight is 398 g/mol. The lowest BCUT2D eigenvalue weighted by atomic mass is 9.88. The van der Waals surface area contributed by atoms with Crippen molar-refractivity contribution in [3.05, 3.63) is 33.8 Å². The van der Waals surface area contributed by atoms with E-state index in [1.807, 2.05) is 6.07 Å². The summed E-state index contributed by atoms with van der Waals surface area (Å²) in [5.74, 6) is -0.00151. The molecule has 1 aromatic carbocycles. The first-order valence-electron chi connectivity index (χ1n) is 9.11. The fraction of sp³-hybridized carbons (Fsp3) is 0.579. The lowest BCUT2D eigenvalue weighted by Gasteiger charge is -2.47. The molecule has 2 saturated heterocycles. The summed E-state index contributed by atoms with van der Waals surface area (Å²) in [6, 6.07) is 5.23. The van der Waals surface area contributed by atoms with Crippen LogP contribution in [-0.4, -0.2) is 66.3 Å². The van der Waals surface area contributed by atoms with Crippen LogP contribution in [0.2, 0.25) is 10.0 Å². The lowest BCUT2D eigenvalue weighted by molar-refractivity contribution is -0.148. The molecule has 0 aromatic heterocycles. The number of Topliss-reactive ketones (excluding diaryl/α,β-unsaturated/α-hetero) is 1. The van der Waals surface area contributed by atoms with E-state index in [1.54, 1.807) is 24.0 Å². The Morgan fingerprint density at radius 2 is 1.88 bits per heavy atom. The number of nitrogens with one attached hydrogen (secondary N) is 1. The molecule has 2 aliphatic heterocycles. The van der Waals surface area contributed by atoms with E-state index in [2.05, 4.69) is 10.2 Å². The number of piperazine rings is 1. The van der Waals surface area contributed by atoms with E-state index in [0.29, 0.717) is 36.2 Å². The largest absolute Gasteiger partial charge is 0.326 e. The van der Waals surface area contributed by atoms with Crippen molar-refractivity contribution in [2.24, 2.45) is 0 Å². The van der Waals surface area contributed by atoms with Gasteiger partial charge in [-0.15, -0.1) is 0 Å². The van der Waals surface area contributed by atoms with E-state index in [-0.39, 0.29) is 18.1 Å². The van der Waals surface area contributed by atoms with Gasteiger partial charge >= 0.3 is 0 Å². The molecule has 1 aromatic rings. The van der Waals surface area contributed by atoms with Crippen LogP contribution in [0.4, 0.5) is 0 Å². The summed E-state index contributed by atoms with van der Waals surface area (Å²) >= 11 is 12.0. The molecule has 0 saturated carbocycles. The number of carbonyl (C=O) groups is 2. The summed E-state index contributed by atoms with van der Waals surface area (Å²) in [6.45, 7) is 5.92. The summed E-state index contributed by atoms with van der Waals surface area (Å²) in [5.41, 5.74) is 0.0113. The number of ketones is 1. The first-order chi connectivity index (χ1) is 12.4. The van der Waals surface area contributed by atoms with Crippen LogP contribution in [0.5, 0.6) is 0 Å². The highest BCUT2D eigenvalue weighted by Crippen LogP contribution is 2.26. The Balaban J connectivity index is 1.82. The Kier molecular flexibility index (Phi) is 6.23. The third-order valence-corrected chi connectivity index (χ3v) is 6.16. The second kappa shape index (κ2) is 8.26. The predicted octanol–water partition coefficient (Wildman–Crippen LogP) is 2.39. The van der Waals surface area contributed by atoms with Crippen LogP contribution in [0.3, 0.4) is 0 Å². The van der Waals surface area contributed by atoms with Gasteiger partial charge in [0.05, 0.1) is 16.5 Å². The fourth-order valence-corrected chi connectivity index (χ4v) is 4.28. The van der Waals surface area contributed by atoms with Gasteiger partial charge in [-0.1, -0.05) is 29.3 Å². The van der Waals surface area contributed by atoms with Crippen molar-refractivity contribution in [3.8, 4) is 0 Å². The quantitative estimate of drug-likeness (QED) is 0.828. The number of carbonyl (C=O) groups excluding carboxylic acids is 2. The smallest absolute Gasteiger partial charge is 0.227 e. The summed E-state index contributed by atoms with van der Waals surface area (Å²) in [4.78, 5) is 29.9. The zero-order valence-electron chi connectivity index (χ0n) is 15.1. The Morgan fingerprint density at radius 3 is 2.54 bits per heavy atom. The van der Waals surface area contributed by atoms with Gasteiger partial charge in [0.1, 0.15) is 5.54 Å².